The lowest BCUT2D eigenvalue weighted by Crippen LogP contribution is -2.19. The number of esters is 1. The number of hydrogen-bond donors (Lipinski definition) is 0. The molecule has 1 fully saturated rings. The van der Waals surface area contributed by atoms with Gasteiger partial charge in [-0.15, -0.1) is 0 Å². The first kappa shape index (κ1) is 16.1. The molecule has 1 saturated heterocycles. The summed E-state index contributed by atoms with van der Waals surface area (Å²) in [6.45, 7) is 2.19. The quantitative estimate of drug-likeness (QED) is 0.745. The fourth-order valence-corrected chi connectivity index (χ4v) is 3.79. The molecule has 1 atom stereocenters. The summed E-state index contributed by atoms with van der Waals surface area (Å²) in [5.41, 5.74) is 3.08. The van der Waals surface area contributed by atoms with Gasteiger partial charge in [0.25, 0.3) is 0 Å². The van der Waals surface area contributed by atoms with E-state index in [1.165, 1.54) is 25.6 Å². The molecule has 1 aliphatic rings. The molecule has 0 N–H and O–H groups in total. The largest absolute Gasteiger partial charge is 0.468 e. The van der Waals surface area contributed by atoms with Gasteiger partial charge in [-0.25, -0.2) is 0 Å². The maximum absolute atomic E-state index is 12.3. The highest BCUT2D eigenvalue weighted by Gasteiger charge is 2.25. The van der Waals surface area contributed by atoms with Gasteiger partial charge >= 0.3 is 5.97 Å². The minimum atomic E-state index is -0.398. The van der Waals surface area contributed by atoms with Gasteiger partial charge in [0.1, 0.15) is 5.92 Å². The second-order valence-corrected chi connectivity index (χ2v) is 6.63. The van der Waals surface area contributed by atoms with Crippen LogP contribution in [-0.2, 0) is 9.53 Å². The van der Waals surface area contributed by atoms with E-state index < -0.39 is 5.92 Å². The van der Waals surface area contributed by atoms with Gasteiger partial charge in [-0.05, 0) is 52.0 Å². The van der Waals surface area contributed by atoms with Crippen LogP contribution in [0.2, 0.25) is 0 Å². The molecule has 2 aromatic carbocycles. The van der Waals surface area contributed by atoms with Gasteiger partial charge in [0.15, 0.2) is 0 Å². The standard InChI is InChI=1S/C19H20BrNO2/c1-23-19(22)18(14-7-3-2-4-8-14)15-9-10-17(16(20)13-15)21-11-5-6-12-21/h2-4,7-10,13,18H,5-6,11-12H2,1H3. The summed E-state index contributed by atoms with van der Waals surface area (Å²) in [5.74, 6) is -0.637. The lowest BCUT2D eigenvalue weighted by atomic mass is 9.91. The topological polar surface area (TPSA) is 29.5 Å². The molecule has 1 heterocycles. The van der Waals surface area contributed by atoms with Crippen molar-refractivity contribution in [3.63, 3.8) is 0 Å². The summed E-state index contributed by atoms with van der Waals surface area (Å²) < 4.78 is 6.06. The van der Waals surface area contributed by atoms with E-state index in [2.05, 4.69) is 26.9 Å². The lowest BCUT2D eigenvalue weighted by molar-refractivity contribution is -0.141. The molecule has 120 valence electrons. The third-order valence-corrected chi connectivity index (χ3v) is 4.96. The lowest BCUT2D eigenvalue weighted by Gasteiger charge is -2.22. The van der Waals surface area contributed by atoms with Crippen molar-refractivity contribution in [2.24, 2.45) is 0 Å². The number of methoxy groups -OCH3 is 1. The Kier molecular flexibility index (Phi) is 5.01. The van der Waals surface area contributed by atoms with Crippen molar-refractivity contribution in [3.8, 4) is 0 Å². The molecular formula is C19H20BrNO2. The first-order valence-corrected chi connectivity index (χ1v) is 8.67. The molecule has 3 nitrogen and oxygen atoms in total. The average molecular weight is 374 g/mol. The molecule has 0 radical (unpaired) electrons. The van der Waals surface area contributed by atoms with Crippen LogP contribution < -0.4 is 4.90 Å². The summed E-state index contributed by atoms with van der Waals surface area (Å²) in [4.78, 5) is 14.7. The Morgan fingerprint density at radius 1 is 1.09 bits per heavy atom. The van der Waals surface area contributed by atoms with Gasteiger partial charge in [-0.1, -0.05) is 36.4 Å². The number of nitrogens with zero attached hydrogens (tertiary/aromatic N) is 1. The molecule has 23 heavy (non-hydrogen) atoms. The van der Waals surface area contributed by atoms with E-state index in [1.807, 2.05) is 42.5 Å². The zero-order valence-electron chi connectivity index (χ0n) is 13.2. The molecule has 2 aromatic rings. The highest BCUT2D eigenvalue weighted by atomic mass is 79.9. The van der Waals surface area contributed by atoms with E-state index in [4.69, 9.17) is 4.74 Å². The van der Waals surface area contributed by atoms with Gasteiger partial charge in [-0.2, -0.15) is 0 Å². The maximum atomic E-state index is 12.3. The summed E-state index contributed by atoms with van der Waals surface area (Å²) in [6, 6.07) is 15.9. The molecule has 0 saturated carbocycles. The van der Waals surface area contributed by atoms with E-state index in [1.54, 1.807) is 0 Å². The van der Waals surface area contributed by atoms with Crippen molar-refractivity contribution in [1.29, 1.82) is 0 Å². The smallest absolute Gasteiger partial charge is 0.317 e. The Morgan fingerprint density at radius 3 is 2.39 bits per heavy atom. The summed E-state index contributed by atoms with van der Waals surface area (Å²) in [6.07, 6.45) is 2.48. The minimum Gasteiger partial charge on any atom is -0.468 e. The van der Waals surface area contributed by atoms with Crippen molar-refractivity contribution < 1.29 is 9.53 Å². The van der Waals surface area contributed by atoms with Crippen LogP contribution >= 0.6 is 15.9 Å². The Morgan fingerprint density at radius 2 is 1.78 bits per heavy atom. The zero-order valence-corrected chi connectivity index (χ0v) is 14.8. The number of ether oxygens (including phenoxy) is 1. The van der Waals surface area contributed by atoms with Crippen molar-refractivity contribution in [2.45, 2.75) is 18.8 Å². The van der Waals surface area contributed by atoms with Gasteiger partial charge in [0, 0.05) is 17.6 Å². The van der Waals surface area contributed by atoms with Gasteiger partial charge in [-0.3, -0.25) is 4.79 Å². The van der Waals surface area contributed by atoms with Crippen molar-refractivity contribution in [3.05, 3.63) is 64.1 Å². The van der Waals surface area contributed by atoms with E-state index in [0.717, 1.165) is 28.7 Å². The molecule has 0 aliphatic carbocycles. The second-order valence-electron chi connectivity index (χ2n) is 5.77. The number of anilines is 1. The highest BCUT2D eigenvalue weighted by Crippen LogP contribution is 2.34. The summed E-state index contributed by atoms with van der Waals surface area (Å²) in [7, 11) is 1.44. The minimum absolute atomic E-state index is 0.239. The number of hydrogen-bond acceptors (Lipinski definition) is 3. The van der Waals surface area contributed by atoms with Crippen molar-refractivity contribution in [2.75, 3.05) is 25.1 Å². The van der Waals surface area contributed by atoms with Crippen LogP contribution in [0.4, 0.5) is 5.69 Å². The van der Waals surface area contributed by atoms with Crippen LogP contribution in [-0.4, -0.2) is 26.2 Å². The number of carbonyl (C=O) groups is 1. The molecule has 0 amide bonds. The maximum Gasteiger partial charge on any atom is 0.317 e. The van der Waals surface area contributed by atoms with Crippen LogP contribution in [0.3, 0.4) is 0 Å². The molecular weight excluding hydrogens is 354 g/mol. The number of benzene rings is 2. The first-order valence-electron chi connectivity index (χ1n) is 7.88. The van der Waals surface area contributed by atoms with Crippen molar-refractivity contribution in [1.82, 2.24) is 0 Å². The number of rotatable bonds is 4. The van der Waals surface area contributed by atoms with E-state index in [9.17, 15) is 4.79 Å². The Labute approximate surface area is 145 Å². The van der Waals surface area contributed by atoms with Crippen LogP contribution in [0.25, 0.3) is 0 Å². The van der Waals surface area contributed by atoms with Crippen LogP contribution in [0.1, 0.15) is 29.9 Å². The zero-order chi connectivity index (χ0) is 16.2. The predicted molar refractivity (Wildman–Crippen MR) is 95.9 cm³/mol. The van der Waals surface area contributed by atoms with E-state index in [-0.39, 0.29) is 5.97 Å². The van der Waals surface area contributed by atoms with Gasteiger partial charge in [0.2, 0.25) is 0 Å². The Balaban J connectivity index is 1.96. The summed E-state index contributed by atoms with van der Waals surface area (Å²) in [5, 5.41) is 0. The van der Waals surface area contributed by atoms with Crippen LogP contribution in [0.5, 0.6) is 0 Å². The SMILES string of the molecule is COC(=O)C(c1ccccc1)c1ccc(N2CCCC2)c(Br)c1. The molecule has 0 bridgehead atoms. The molecule has 0 spiro atoms. The highest BCUT2D eigenvalue weighted by molar-refractivity contribution is 9.10. The van der Waals surface area contributed by atoms with Crippen LogP contribution in [0, 0.1) is 0 Å². The third kappa shape index (κ3) is 3.42. The predicted octanol–water partition coefficient (Wildman–Crippen LogP) is 4.35. The fourth-order valence-electron chi connectivity index (χ4n) is 3.15. The molecule has 1 unspecified atom stereocenters. The fraction of sp³-hybridized carbons (Fsp3) is 0.316. The number of carbonyl (C=O) groups excluding carboxylic acids is 1. The van der Waals surface area contributed by atoms with Crippen LogP contribution in [0.15, 0.2) is 53.0 Å². The molecule has 3 rings (SSSR count). The summed E-state index contributed by atoms with van der Waals surface area (Å²) >= 11 is 3.68. The first-order chi connectivity index (χ1) is 11.2. The molecule has 0 aromatic heterocycles. The second kappa shape index (κ2) is 7.18. The van der Waals surface area contributed by atoms with Gasteiger partial charge in [0.05, 0.1) is 12.8 Å². The van der Waals surface area contributed by atoms with Crippen molar-refractivity contribution >= 4 is 27.6 Å². The van der Waals surface area contributed by atoms with E-state index in [0.29, 0.717) is 0 Å². The molecule has 4 heteroatoms. The average Bonchev–Trinajstić information content (AvgIpc) is 3.10. The number of halogens is 1. The normalized spacial score (nSPS) is 15.5. The third-order valence-electron chi connectivity index (χ3n) is 4.32. The molecule has 1 aliphatic heterocycles. The van der Waals surface area contributed by atoms with Gasteiger partial charge < -0.3 is 9.64 Å². The Bertz CT molecular complexity index is 681. The monoisotopic (exact) mass is 373 g/mol. The van der Waals surface area contributed by atoms with E-state index >= 15 is 0 Å². The Hall–Kier alpha value is -1.81.